The summed E-state index contributed by atoms with van der Waals surface area (Å²) in [5, 5.41) is 6.53. The molecular formula is C14H16N6O5S3. The van der Waals surface area contributed by atoms with E-state index in [0.29, 0.717) is 11.2 Å². The van der Waals surface area contributed by atoms with Gasteiger partial charge in [-0.1, -0.05) is 11.3 Å². The Morgan fingerprint density at radius 1 is 1.25 bits per heavy atom. The van der Waals surface area contributed by atoms with Crippen molar-refractivity contribution >= 4 is 53.6 Å². The van der Waals surface area contributed by atoms with Crippen LogP contribution in [-0.2, 0) is 24.8 Å². The van der Waals surface area contributed by atoms with Gasteiger partial charge in [0, 0.05) is 25.9 Å². The Balaban J connectivity index is 1.59. The van der Waals surface area contributed by atoms with Crippen LogP contribution in [0.15, 0.2) is 41.0 Å². The maximum atomic E-state index is 12.2. The van der Waals surface area contributed by atoms with Gasteiger partial charge in [0.1, 0.15) is 0 Å². The lowest BCUT2D eigenvalue weighted by Crippen LogP contribution is -2.30. The van der Waals surface area contributed by atoms with Gasteiger partial charge in [0.25, 0.3) is 10.0 Å². The Morgan fingerprint density at radius 2 is 2.04 bits per heavy atom. The number of hydrogen-bond acceptors (Lipinski definition) is 8. The third-order valence-electron chi connectivity index (χ3n) is 3.37. The van der Waals surface area contributed by atoms with E-state index in [1.54, 1.807) is 35.1 Å². The van der Waals surface area contributed by atoms with Crippen LogP contribution in [0, 0.1) is 0 Å². The summed E-state index contributed by atoms with van der Waals surface area (Å²) in [7, 11) is -7.72. The van der Waals surface area contributed by atoms with E-state index in [1.807, 2.05) is 0 Å². The van der Waals surface area contributed by atoms with Crippen molar-refractivity contribution in [3.05, 3.63) is 36.8 Å². The second kappa shape index (κ2) is 7.83. The van der Waals surface area contributed by atoms with Gasteiger partial charge in [-0.2, -0.15) is 5.10 Å². The molecule has 0 aliphatic rings. The largest absolute Gasteiger partial charge is 0.302 e. The zero-order chi connectivity index (χ0) is 20.4. The molecule has 0 saturated carbocycles. The molecule has 14 heteroatoms. The Morgan fingerprint density at radius 3 is 2.79 bits per heavy atom. The SMILES string of the molecule is CC(=O)Nc1ncc(S(=O)(=O)NCCS(=O)(=O)Nc2ccn3nccc3c2)s1. The summed E-state index contributed by atoms with van der Waals surface area (Å²) in [5.74, 6) is -0.842. The van der Waals surface area contributed by atoms with Gasteiger partial charge >= 0.3 is 0 Å². The first-order valence-electron chi connectivity index (χ1n) is 7.82. The van der Waals surface area contributed by atoms with Crippen LogP contribution in [0.25, 0.3) is 5.52 Å². The van der Waals surface area contributed by atoms with Gasteiger partial charge in [-0.15, -0.1) is 0 Å². The summed E-state index contributed by atoms with van der Waals surface area (Å²) < 4.78 is 54.9. The molecule has 1 amide bonds. The molecule has 0 spiro atoms. The van der Waals surface area contributed by atoms with E-state index in [1.165, 1.54) is 6.92 Å². The zero-order valence-electron chi connectivity index (χ0n) is 14.5. The quantitative estimate of drug-likeness (QED) is 0.457. The van der Waals surface area contributed by atoms with E-state index < -0.39 is 25.8 Å². The lowest BCUT2D eigenvalue weighted by atomic mass is 10.4. The number of anilines is 2. The summed E-state index contributed by atoms with van der Waals surface area (Å²) in [6.07, 6.45) is 4.28. The number of carbonyl (C=O) groups is 1. The number of amides is 1. The highest BCUT2D eigenvalue weighted by molar-refractivity contribution is 7.93. The number of pyridine rings is 1. The molecule has 0 aliphatic heterocycles. The number of hydrogen-bond donors (Lipinski definition) is 3. The number of nitrogens with zero attached hydrogens (tertiary/aromatic N) is 3. The standard InChI is InChI=1S/C14H16N6O5S3/c1-10(21)18-14-15-9-13(26-14)28(24,25)17-5-7-27(22,23)19-11-3-6-20-12(8-11)2-4-16-20/h2-4,6,8-9,17,19H,5,7H2,1H3,(H,15,18,21). The normalized spacial score (nSPS) is 12.2. The highest BCUT2D eigenvalue weighted by Gasteiger charge is 2.20. The second-order valence-electron chi connectivity index (χ2n) is 5.60. The van der Waals surface area contributed by atoms with Crippen LogP contribution in [-0.4, -0.2) is 49.6 Å². The van der Waals surface area contributed by atoms with Crippen molar-refractivity contribution in [2.24, 2.45) is 0 Å². The van der Waals surface area contributed by atoms with Crippen molar-refractivity contribution in [3.63, 3.8) is 0 Å². The van der Waals surface area contributed by atoms with Crippen molar-refractivity contribution in [3.8, 4) is 0 Å². The van der Waals surface area contributed by atoms with Crippen molar-refractivity contribution in [2.45, 2.75) is 11.1 Å². The number of nitrogens with one attached hydrogen (secondary N) is 3. The molecular weight excluding hydrogens is 428 g/mol. The van der Waals surface area contributed by atoms with Crippen molar-refractivity contribution < 1.29 is 21.6 Å². The molecule has 0 aliphatic carbocycles. The van der Waals surface area contributed by atoms with Gasteiger partial charge in [-0.05, 0) is 18.2 Å². The predicted octanol–water partition coefficient (Wildman–Crippen LogP) is 0.469. The predicted molar refractivity (Wildman–Crippen MR) is 104 cm³/mol. The molecule has 28 heavy (non-hydrogen) atoms. The molecule has 3 aromatic heterocycles. The lowest BCUT2D eigenvalue weighted by Gasteiger charge is -2.09. The maximum Gasteiger partial charge on any atom is 0.251 e. The summed E-state index contributed by atoms with van der Waals surface area (Å²) in [6, 6.07) is 4.87. The van der Waals surface area contributed by atoms with Crippen LogP contribution in [0.5, 0.6) is 0 Å². The lowest BCUT2D eigenvalue weighted by molar-refractivity contribution is -0.114. The summed E-state index contributed by atoms with van der Waals surface area (Å²) in [6.45, 7) is 0.941. The number of fused-ring (bicyclic) bond motifs is 1. The number of sulfonamides is 2. The first-order chi connectivity index (χ1) is 13.1. The van der Waals surface area contributed by atoms with Gasteiger partial charge in [-0.3, -0.25) is 9.52 Å². The van der Waals surface area contributed by atoms with Gasteiger partial charge in [0.2, 0.25) is 15.9 Å². The van der Waals surface area contributed by atoms with Crippen LogP contribution in [0.1, 0.15) is 6.92 Å². The molecule has 150 valence electrons. The third kappa shape index (κ3) is 5.03. The van der Waals surface area contributed by atoms with Gasteiger partial charge in [0.15, 0.2) is 9.34 Å². The smallest absolute Gasteiger partial charge is 0.251 e. The van der Waals surface area contributed by atoms with Crippen LogP contribution < -0.4 is 14.8 Å². The monoisotopic (exact) mass is 444 g/mol. The Kier molecular flexibility index (Phi) is 5.64. The summed E-state index contributed by atoms with van der Waals surface area (Å²) >= 11 is 0.764. The third-order valence-corrected chi connectivity index (χ3v) is 7.49. The van der Waals surface area contributed by atoms with E-state index in [9.17, 15) is 21.6 Å². The molecule has 11 nitrogen and oxygen atoms in total. The average Bonchev–Trinajstić information content (AvgIpc) is 3.22. The molecule has 0 radical (unpaired) electrons. The highest BCUT2D eigenvalue weighted by atomic mass is 32.2. The number of carbonyl (C=O) groups excluding carboxylic acids is 1. The minimum absolute atomic E-state index is 0.132. The fourth-order valence-electron chi connectivity index (χ4n) is 2.19. The molecule has 0 saturated heterocycles. The number of thiazole rings is 1. The average molecular weight is 445 g/mol. The minimum Gasteiger partial charge on any atom is -0.302 e. The zero-order valence-corrected chi connectivity index (χ0v) is 16.9. The molecule has 3 aromatic rings. The van der Waals surface area contributed by atoms with Gasteiger partial charge in [-0.25, -0.2) is 31.1 Å². The molecule has 0 unspecified atom stereocenters. The fourth-order valence-corrected chi connectivity index (χ4v) is 5.43. The van der Waals surface area contributed by atoms with Crippen LogP contribution >= 0.6 is 11.3 Å². The minimum atomic E-state index is -3.94. The van der Waals surface area contributed by atoms with Gasteiger partial charge in [0.05, 0.1) is 23.2 Å². The molecule has 3 heterocycles. The van der Waals surface area contributed by atoms with E-state index in [4.69, 9.17) is 0 Å². The molecule has 0 fully saturated rings. The molecule has 3 rings (SSSR count). The fraction of sp³-hybridized carbons (Fsp3) is 0.214. The molecule has 0 atom stereocenters. The molecule has 3 N–H and O–H groups in total. The molecule has 0 bridgehead atoms. The maximum absolute atomic E-state index is 12.2. The number of rotatable bonds is 8. The molecule has 0 aromatic carbocycles. The highest BCUT2D eigenvalue weighted by Crippen LogP contribution is 2.22. The first kappa shape index (κ1) is 20.2. The van der Waals surface area contributed by atoms with Crippen LogP contribution in [0.4, 0.5) is 10.8 Å². The van der Waals surface area contributed by atoms with Gasteiger partial charge < -0.3 is 5.32 Å². The van der Waals surface area contributed by atoms with E-state index in [2.05, 4.69) is 24.8 Å². The van der Waals surface area contributed by atoms with Crippen LogP contribution in [0.2, 0.25) is 0 Å². The number of aromatic nitrogens is 3. The summed E-state index contributed by atoms with van der Waals surface area (Å²) in [5.41, 5.74) is 1.05. The Labute approximate surface area is 164 Å². The topological polar surface area (TPSA) is 152 Å². The van der Waals surface area contributed by atoms with Crippen molar-refractivity contribution in [1.29, 1.82) is 0 Å². The van der Waals surface area contributed by atoms with E-state index in [-0.39, 0.29) is 21.8 Å². The van der Waals surface area contributed by atoms with Crippen molar-refractivity contribution in [2.75, 3.05) is 22.3 Å². The van der Waals surface area contributed by atoms with Crippen molar-refractivity contribution in [1.82, 2.24) is 19.3 Å². The van der Waals surface area contributed by atoms with E-state index in [0.717, 1.165) is 17.5 Å². The first-order valence-corrected chi connectivity index (χ1v) is 11.8. The Bertz CT molecular complexity index is 1220. The summed E-state index contributed by atoms with van der Waals surface area (Å²) in [4.78, 5) is 14.8. The Hall–Kier alpha value is -2.55. The second-order valence-corrected chi connectivity index (χ2v) is 10.5. The van der Waals surface area contributed by atoms with Crippen LogP contribution in [0.3, 0.4) is 0 Å². The van der Waals surface area contributed by atoms with E-state index >= 15 is 0 Å².